The van der Waals surface area contributed by atoms with Crippen LogP contribution >= 0.6 is 15.9 Å². The molecule has 0 unspecified atom stereocenters. The van der Waals surface area contributed by atoms with Crippen LogP contribution in [0.2, 0.25) is 0 Å². The van der Waals surface area contributed by atoms with Crippen molar-refractivity contribution in [3.05, 3.63) is 106 Å². The van der Waals surface area contributed by atoms with Crippen LogP contribution in [0.1, 0.15) is 57.2 Å². The zero-order valence-corrected chi connectivity index (χ0v) is 23.1. The van der Waals surface area contributed by atoms with E-state index >= 15 is 0 Å². The molecule has 6 rings (SSSR count). The summed E-state index contributed by atoms with van der Waals surface area (Å²) < 4.78 is 3.58. The molecular formula is C33H33BrN2. The van der Waals surface area contributed by atoms with Gasteiger partial charge in [0.1, 0.15) is 0 Å². The average molecular weight is 538 g/mol. The summed E-state index contributed by atoms with van der Waals surface area (Å²) in [5.41, 5.74) is 9.34. The van der Waals surface area contributed by atoms with Crippen LogP contribution in [0.3, 0.4) is 0 Å². The van der Waals surface area contributed by atoms with Crippen LogP contribution in [0, 0.1) is 0 Å². The van der Waals surface area contributed by atoms with Crippen LogP contribution < -0.4 is 5.32 Å². The molecule has 182 valence electrons. The Morgan fingerprint density at radius 1 is 0.722 bits per heavy atom. The average Bonchev–Trinajstić information content (AvgIpc) is 3.18. The molecule has 1 aliphatic rings. The number of aromatic nitrogens is 1. The molecule has 0 aliphatic heterocycles. The van der Waals surface area contributed by atoms with Gasteiger partial charge in [-0.25, -0.2) is 0 Å². The molecule has 0 saturated carbocycles. The van der Waals surface area contributed by atoms with E-state index in [9.17, 15) is 0 Å². The summed E-state index contributed by atoms with van der Waals surface area (Å²) in [5, 5.41) is 6.42. The highest BCUT2D eigenvalue weighted by Gasteiger charge is 2.37. The lowest BCUT2D eigenvalue weighted by atomic mass is 9.63. The Balaban J connectivity index is 1.53. The molecule has 0 atom stereocenters. The predicted molar refractivity (Wildman–Crippen MR) is 158 cm³/mol. The van der Waals surface area contributed by atoms with Crippen molar-refractivity contribution in [2.75, 3.05) is 5.32 Å². The number of nitrogens with one attached hydrogen (secondary N) is 1. The van der Waals surface area contributed by atoms with Crippen LogP contribution in [0.25, 0.3) is 21.8 Å². The molecule has 5 aromatic rings. The minimum Gasteiger partial charge on any atom is -0.353 e. The number of hydrogen-bond donors (Lipinski definition) is 1. The Hall–Kier alpha value is -3.04. The van der Waals surface area contributed by atoms with Gasteiger partial charge in [0.2, 0.25) is 0 Å². The summed E-state index contributed by atoms with van der Waals surface area (Å²) in [6.07, 6.45) is 2.42. The SMILES string of the molecule is CC1(C)CCC(C)(C)c2cc(Nc3cccc4c5ccccc5n(Cc5ccccc5)c34)c(Br)cc21. The minimum atomic E-state index is 0.163. The van der Waals surface area contributed by atoms with Gasteiger partial charge in [-0.1, -0.05) is 88.4 Å². The summed E-state index contributed by atoms with van der Waals surface area (Å²) in [7, 11) is 0. The molecule has 1 heterocycles. The Kier molecular flexibility index (Phi) is 5.53. The van der Waals surface area contributed by atoms with E-state index in [1.165, 1.54) is 51.3 Å². The molecule has 1 N–H and O–H groups in total. The molecule has 0 spiro atoms. The third kappa shape index (κ3) is 3.85. The first-order valence-corrected chi connectivity index (χ1v) is 13.7. The van der Waals surface area contributed by atoms with E-state index in [0.717, 1.165) is 22.4 Å². The van der Waals surface area contributed by atoms with E-state index in [4.69, 9.17) is 0 Å². The first kappa shape index (κ1) is 23.4. The lowest BCUT2D eigenvalue weighted by Crippen LogP contribution is -2.33. The lowest BCUT2D eigenvalue weighted by molar-refractivity contribution is 0.332. The highest BCUT2D eigenvalue weighted by Crippen LogP contribution is 2.48. The summed E-state index contributed by atoms with van der Waals surface area (Å²) in [4.78, 5) is 0. The minimum absolute atomic E-state index is 0.163. The van der Waals surface area contributed by atoms with Crippen molar-refractivity contribution in [2.45, 2.75) is 57.9 Å². The first-order chi connectivity index (χ1) is 17.2. The van der Waals surface area contributed by atoms with Crippen molar-refractivity contribution in [3.8, 4) is 0 Å². The summed E-state index contributed by atoms with van der Waals surface area (Å²) in [5.74, 6) is 0. The van der Waals surface area contributed by atoms with Gasteiger partial charge in [0, 0.05) is 27.3 Å². The van der Waals surface area contributed by atoms with Gasteiger partial charge in [0.05, 0.1) is 16.9 Å². The molecule has 1 aromatic heterocycles. The molecule has 1 aliphatic carbocycles. The maximum Gasteiger partial charge on any atom is 0.0733 e. The molecule has 3 heteroatoms. The molecule has 0 saturated heterocycles. The fourth-order valence-corrected chi connectivity index (χ4v) is 6.41. The fraction of sp³-hybridized carbons (Fsp3) is 0.273. The number of para-hydroxylation sites is 2. The van der Waals surface area contributed by atoms with Crippen LogP contribution in [0.4, 0.5) is 11.4 Å². The van der Waals surface area contributed by atoms with Gasteiger partial charge in [-0.3, -0.25) is 0 Å². The molecule has 36 heavy (non-hydrogen) atoms. The second-order valence-electron chi connectivity index (χ2n) is 11.6. The molecule has 0 amide bonds. The van der Waals surface area contributed by atoms with Crippen LogP contribution in [-0.4, -0.2) is 4.57 Å². The highest BCUT2D eigenvalue weighted by atomic mass is 79.9. The van der Waals surface area contributed by atoms with Crippen LogP contribution in [-0.2, 0) is 17.4 Å². The highest BCUT2D eigenvalue weighted by molar-refractivity contribution is 9.10. The van der Waals surface area contributed by atoms with Crippen LogP contribution in [0.5, 0.6) is 0 Å². The number of fused-ring (bicyclic) bond motifs is 4. The van der Waals surface area contributed by atoms with Crippen LogP contribution in [0.15, 0.2) is 89.4 Å². The lowest BCUT2D eigenvalue weighted by Gasteiger charge is -2.42. The maximum atomic E-state index is 3.92. The standard InChI is InChI=1S/C33H33BrN2/c1-32(2)17-18-33(3,4)26-20-29(27(34)19-25(26)32)35-28-15-10-14-24-23-13-8-9-16-30(23)36(31(24)28)21-22-11-6-5-7-12-22/h5-16,19-20,35H,17-18,21H2,1-4H3. The first-order valence-electron chi connectivity index (χ1n) is 12.9. The molecule has 0 fully saturated rings. The molecular weight excluding hydrogens is 504 g/mol. The van der Waals surface area contributed by atoms with E-state index < -0.39 is 0 Å². The Labute approximate surface area is 222 Å². The zero-order chi connectivity index (χ0) is 25.1. The normalized spacial score (nSPS) is 16.2. The number of rotatable bonds is 4. The van der Waals surface area contributed by atoms with Crippen molar-refractivity contribution in [3.63, 3.8) is 0 Å². The monoisotopic (exact) mass is 536 g/mol. The summed E-state index contributed by atoms with van der Waals surface area (Å²) in [6, 6.07) is 30.9. The number of anilines is 2. The second kappa shape index (κ2) is 8.52. The van der Waals surface area contributed by atoms with Gasteiger partial charge in [-0.2, -0.15) is 0 Å². The fourth-order valence-electron chi connectivity index (χ4n) is 5.97. The zero-order valence-electron chi connectivity index (χ0n) is 21.5. The largest absolute Gasteiger partial charge is 0.353 e. The molecule has 0 radical (unpaired) electrons. The summed E-state index contributed by atoms with van der Waals surface area (Å²) in [6.45, 7) is 10.4. The van der Waals surface area contributed by atoms with Gasteiger partial charge >= 0.3 is 0 Å². The second-order valence-corrected chi connectivity index (χ2v) is 12.4. The van der Waals surface area contributed by atoms with Crippen molar-refractivity contribution in [1.29, 1.82) is 0 Å². The molecule has 2 nitrogen and oxygen atoms in total. The quantitative estimate of drug-likeness (QED) is 0.242. The van der Waals surface area contributed by atoms with Crippen molar-refractivity contribution >= 4 is 49.1 Å². The third-order valence-electron chi connectivity index (χ3n) is 8.18. The topological polar surface area (TPSA) is 17.0 Å². The van der Waals surface area contributed by atoms with Gasteiger partial charge in [0.15, 0.2) is 0 Å². The van der Waals surface area contributed by atoms with E-state index in [1.54, 1.807) is 0 Å². The number of benzene rings is 4. The van der Waals surface area contributed by atoms with E-state index in [-0.39, 0.29) is 10.8 Å². The van der Waals surface area contributed by atoms with Crippen molar-refractivity contribution in [2.24, 2.45) is 0 Å². The number of nitrogens with zero attached hydrogens (tertiary/aromatic N) is 1. The van der Waals surface area contributed by atoms with Gasteiger partial charge in [-0.15, -0.1) is 0 Å². The smallest absolute Gasteiger partial charge is 0.0733 e. The Morgan fingerprint density at radius 3 is 2.11 bits per heavy atom. The molecule has 4 aromatic carbocycles. The van der Waals surface area contributed by atoms with E-state index in [2.05, 4.69) is 138 Å². The number of halogens is 1. The van der Waals surface area contributed by atoms with Crippen molar-refractivity contribution in [1.82, 2.24) is 4.57 Å². The van der Waals surface area contributed by atoms with Gasteiger partial charge in [0.25, 0.3) is 0 Å². The maximum absolute atomic E-state index is 3.92. The van der Waals surface area contributed by atoms with Gasteiger partial charge < -0.3 is 9.88 Å². The van der Waals surface area contributed by atoms with E-state index in [1.807, 2.05) is 0 Å². The predicted octanol–water partition coefficient (Wildman–Crippen LogP) is 9.70. The van der Waals surface area contributed by atoms with Gasteiger partial charge in [-0.05, 0) is 80.6 Å². The Bertz CT molecular complexity index is 1590. The molecule has 0 bridgehead atoms. The third-order valence-corrected chi connectivity index (χ3v) is 8.84. The Morgan fingerprint density at radius 2 is 1.36 bits per heavy atom. The van der Waals surface area contributed by atoms with Crippen molar-refractivity contribution < 1.29 is 0 Å². The van der Waals surface area contributed by atoms with E-state index in [0.29, 0.717) is 0 Å². The summed E-state index contributed by atoms with van der Waals surface area (Å²) >= 11 is 3.92. The number of hydrogen-bond acceptors (Lipinski definition) is 1.